The van der Waals surface area contributed by atoms with Crippen LogP contribution >= 0.6 is 0 Å². The molecule has 2 aromatic heterocycles. The third-order valence-electron chi connectivity index (χ3n) is 5.16. The van der Waals surface area contributed by atoms with Gasteiger partial charge >= 0.3 is 0 Å². The van der Waals surface area contributed by atoms with Crippen molar-refractivity contribution in [1.29, 1.82) is 0 Å². The number of likely N-dealkylation sites (tertiary alicyclic amines) is 1. The van der Waals surface area contributed by atoms with E-state index in [-0.39, 0.29) is 12.0 Å². The number of aliphatic hydroxyl groups is 1. The lowest BCUT2D eigenvalue weighted by Gasteiger charge is -2.14. The van der Waals surface area contributed by atoms with Gasteiger partial charge < -0.3 is 9.63 Å². The largest absolute Gasteiger partial charge is 0.391 e. The van der Waals surface area contributed by atoms with Crippen LogP contribution in [-0.2, 0) is 13.0 Å². The van der Waals surface area contributed by atoms with Crippen molar-refractivity contribution in [2.45, 2.75) is 38.8 Å². The van der Waals surface area contributed by atoms with E-state index in [4.69, 9.17) is 9.51 Å². The van der Waals surface area contributed by atoms with E-state index < -0.39 is 0 Å². The van der Waals surface area contributed by atoms with Gasteiger partial charge in [0.2, 0.25) is 0 Å². The van der Waals surface area contributed by atoms with E-state index in [1.165, 1.54) is 0 Å². The Hall–Kier alpha value is -2.24. The van der Waals surface area contributed by atoms with Crippen LogP contribution in [0.3, 0.4) is 0 Å². The molecule has 0 aliphatic carbocycles. The van der Waals surface area contributed by atoms with Gasteiger partial charge in [0.05, 0.1) is 23.9 Å². The second-order valence-corrected chi connectivity index (χ2v) is 7.59. The number of β-amino-alcohol motifs (C(OH)–C–C–N with tert-alkyl or cyclic N) is 1. The van der Waals surface area contributed by atoms with Gasteiger partial charge in [0.25, 0.3) is 0 Å². The first-order valence-corrected chi connectivity index (χ1v) is 9.29. The predicted molar refractivity (Wildman–Crippen MR) is 101 cm³/mol. The molecule has 26 heavy (non-hydrogen) atoms. The number of rotatable bonds is 5. The molecule has 1 fully saturated rings. The number of fused-ring (bicyclic) bond motifs is 1. The molecule has 1 N–H and O–H groups in total. The maximum atomic E-state index is 10.5. The molecule has 0 bridgehead atoms. The highest BCUT2D eigenvalue weighted by Gasteiger charge is 2.32. The van der Waals surface area contributed by atoms with Gasteiger partial charge in [-0.15, -0.1) is 0 Å². The van der Waals surface area contributed by atoms with Crippen molar-refractivity contribution in [1.82, 2.24) is 15.0 Å². The summed E-state index contributed by atoms with van der Waals surface area (Å²) in [5, 5.41) is 15.8. The molecular weight excluding hydrogens is 326 g/mol. The van der Waals surface area contributed by atoms with Crippen LogP contribution in [0.1, 0.15) is 36.9 Å². The Balaban J connectivity index is 1.41. The van der Waals surface area contributed by atoms with E-state index in [9.17, 15) is 5.11 Å². The van der Waals surface area contributed by atoms with Crippen molar-refractivity contribution >= 4 is 10.9 Å². The van der Waals surface area contributed by atoms with Gasteiger partial charge in [-0.3, -0.25) is 9.88 Å². The van der Waals surface area contributed by atoms with Crippen molar-refractivity contribution in [3.8, 4) is 0 Å². The van der Waals surface area contributed by atoms with Crippen LogP contribution in [0.4, 0.5) is 0 Å². The first kappa shape index (κ1) is 17.2. The Morgan fingerprint density at radius 1 is 1.19 bits per heavy atom. The Kier molecular flexibility index (Phi) is 4.74. The van der Waals surface area contributed by atoms with Gasteiger partial charge in [-0.25, -0.2) is 0 Å². The van der Waals surface area contributed by atoms with Crippen molar-refractivity contribution in [2.24, 2.45) is 5.92 Å². The van der Waals surface area contributed by atoms with E-state index in [0.29, 0.717) is 19.0 Å². The van der Waals surface area contributed by atoms with Crippen LogP contribution in [-0.4, -0.2) is 39.3 Å². The minimum atomic E-state index is -0.337. The van der Waals surface area contributed by atoms with Crippen LogP contribution in [0.5, 0.6) is 0 Å². The molecule has 2 atom stereocenters. The summed E-state index contributed by atoms with van der Waals surface area (Å²) in [6.45, 7) is 6.41. The molecule has 0 unspecified atom stereocenters. The summed E-state index contributed by atoms with van der Waals surface area (Å²) in [5.74, 6) is 1.42. The second kappa shape index (κ2) is 7.17. The molecule has 1 aliphatic heterocycles. The highest BCUT2D eigenvalue weighted by molar-refractivity contribution is 5.78. The molecule has 0 saturated carbocycles. The average molecular weight is 351 g/mol. The zero-order valence-corrected chi connectivity index (χ0v) is 15.3. The number of aliphatic hydroxyl groups excluding tert-OH is 1. The van der Waals surface area contributed by atoms with Crippen molar-refractivity contribution in [3.05, 3.63) is 59.6 Å². The number of benzene rings is 1. The third-order valence-corrected chi connectivity index (χ3v) is 5.16. The molecule has 3 heterocycles. The molecule has 4 rings (SSSR count). The maximum Gasteiger partial charge on any atom is 0.150 e. The molecule has 5 nitrogen and oxygen atoms in total. The molecule has 5 heteroatoms. The Bertz CT molecular complexity index is 890. The number of nitrogens with zero attached hydrogens (tertiary/aromatic N) is 3. The minimum Gasteiger partial charge on any atom is -0.391 e. The van der Waals surface area contributed by atoms with Crippen molar-refractivity contribution in [3.63, 3.8) is 0 Å². The molecule has 3 aromatic rings. The lowest BCUT2D eigenvalue weighted by atomic mass is 9.99. The summed E-state index contributed by atoms with van der Waals surface area (Å²) in [4.78, 5) is 6.98. The summed E-state index contributed by atoms with van der Waals surface area (Å²) in [5.41, 5.74) is 3.03. The van der Waals surface area contributed by atoms with E-state index >= 15 is 0 Å². The zero-order chi connectivity index (χ0) is 18.1. The monoisotopic (exact) mass is 351 g/mol. The number of hydrogen-bond donors (Lipinski definition) is 1. The van der Waals surface area contributed by atoms with Gasteiger partial charge in [0.15, 0.2) is 5.76 Å². The van der Waals surface area contributed by atoms with Crippen LogP contribution < -0.4 is 0 Å². The van der Waals surface area contributed by atoms with E-state index in [0.717, 1.165) is 41.0 Å². The highest BCUT2D eigenvalue weighted by Crippen LogP contribution is 2.24. The lowest BCUT2D eigenvalue weighted by Crippen LogP contribution is -2.21. The minimum absolute atomic E-state index is 0.191. The number of pyridine rings is 1. The predicted octanol–water partition coefficient (Wildman–Crippen LogP) is 3.38. The van der Waals surface area contributed by atoms with Gasteiger partial charge in [-0.1, -0.05) is 43.3 Å². The first-order chi connectivity index (χ1) is 12.6. The average Bonchev–Trinajstić information content (AvgIpc) is 3.22. The number of para-hydroxylation sites is 1. The standard InChI is InChI=1S/C21H25N3O2/c1-14(2)20-10-18(26-23-20)12-24-11-16(21(25)13-24)9-17-8-7-15-5-3-4-6-19(15)22-17/h3-8,10,14,16,21,25H,9,11-13H2,1-2H3/t16-,21-/m1/s1. The fourth-order valence-electron chi connectivity index (χ4n) is 3.66. The summed E-state index contributed by atoms with van der Waals surface area (Å²) >= 11 is 0. The summed E-state index contributed by atoms with van der Waals surface area (Å²) < 4.78 is 5.44. The highest BCUT2D eigenvalue weighted by atomic mass is 16.5. The van der Waals surface area contributed by atoms with Crippen LogP contribution in [0.25, 0.3) is 10.9 Å². The van der Waals surface area contributed by atoms with E-state index in [1.54, 1.807) is 0 Å². The molecule has 136 valence electrons. The quantitative estimate of drug-likeness (QED) is 0.763. The molecule has 1 aliphatic rings. The molecule has 0 radical (unpaired) electrons. The Labute approximate surface area is 153 Å². The molecule has 1 saturated heterocycles. The topological polar surface area (TPSA) is 62.4 Å². The van der Waals surface area contributed by atoms with Crippen molar-refractivity contribution in [2.75, 3.05) is 13.1 Å². The number of aromatic nitrogens is 2. The fourth-order valence-corrected chi connectivity index (χ4v) is 3.66. The van der Waals surface area contributed by atoms with Gasteiger partial charge in [-0.2, -0.15) is 0 Å². The van der Waals surface area contributed by atoms with Crippen LogP contribution in [0.2, 0.25) is 0 Å². The van der Waals surface area contributed by atoms with Gasteiger partial charge in [0, 0.05) is 36.2 Å². The summed E-state index contributed by atoms with van der Waals surface area (Å²) in [7, 11) is 0. The van der Waals surface area contributed by atoms with Gasteiger partial charge in [-0.05, 0) is 24.5 Å². The Morgan fingerprint density at radius 3 is 2.85 bits per heavy atom. The smallest absolute Gasteiger partial charge is 0.150 e. The summed E-state index contributed by atoms with van der Waals surface area (Å²) in [6, 6.07) is 14.3. The summed E-state index contributed by atoms with van der Waals surface area (Å²) in [6.07, 6.45) is 0.451. The maximum absolute atomic E-state index is 10.5. The molecule has 0 amide bonds. The van der Waals surface area contributed by atoms with E-state index in [2.05, 4.69) is 42.1 Å². The number of hydrogen-bond acceptors (Lipinski definition) is 5. The molecule has 1 aromatic carbocycles. The molecule has 0 spiro atoms. The lowest BCUT2D eigenvalue weighted by molar-refractivity contribution is 0.139. The SMILES string of the molecule is CC(C)c1cc(CN2C[C@@H](Cc3ccc4ccccc4n3)[C@H](O)C2)on1. The van der Waals surface area contributed by atoms with Gasteiger partial charge in [0.1, 0.15) is 0 Å². The van der Waals surface area contributed by atoms with E-state index in [1.807, 2.05) is 24.3 Å². The van der Waals surface area contributed by atoms with Crippen molar-refractivity contribution < 1.29 is 9.63 Å². The third kappa shape index (κ3) is 3.64. The first-order valence-electron chi connectivity index (χ1n) is 9.29. The van der Waals surface area contributed by atoms with Crippen LogP contribution in [0, 0.1) is 5.92 Å². The Morgan fingerprint density at radius 2 is 2.04 bits per heavy atom. The molecular formula is C21H25N3O2. The second-order valence-electron chi connectivity index (χ2n) is 7.59. The van der Waals surface area contributed by atoms with Crippen LogP contribution in [0.15, 0.2) is 47.0 Å². The normalized spacial score (nSPS) is 21.1. The zero-order valence-electron chi connectivity index (χ0n) is 15.3. The fraction of sp³-hybridized carbons (Fsp3) is 0.429.